The minimum atomic E-state index is -3.83. The summed E-state index contributed by atoms with van der Waals surface area (Å²) >= 11 is 0. The molecule has 0 fully saturated rings. The molecule has 37 heavy (non-hydrogen) atoms. The summed E-state index contributed by atoms with van der Waals surface area (Å²) in [7, 11) is -3.83. The SMILES string of the molecule is O=S1(=O)N(Cc2ccccc2)[C@H](Cc2ccccc2)C=C[C@@H](Cc2ccccc2)N1Cc1ccccc1. The van der Waals surface area contributed by atoms with Crippen molar-refractivity contribution in [1.29, 1.82) is 0 Å². The first kappa shape index (κ1) is 25.2. The van der Waals surface area contributed by atoms with Gasteiger partial charge in [0.2, 0.25) is 0 Å². The van der Waals surface area contributed by atoms with E-state index in [1.807, 2.05) is 97.1 Å². The number of hydrogen-bond donors (Lipinski definition) is 0. The third-order valence-corrected chi connectivity index (χ3v) is 8.81. The fourth-order valence-corrected chi connectivity index (χ4v) is 6.77. The fourth-order valence-electron chi connectivity index (χ4n) is 4.90. The molecule has 4 aromatic carbocycles. The lowest BCUT2D eigenvalue weighted by Gasteiger charge is -2.34. The summed E-state index contributed by atoms with van der Waals surface area (Å²) in [6.07, 6.45) is 5.43. The molecule has 1 aliphatic rings. The quantitative estimate of drug-likeness (QED) is 0.273. The summed E-state index contributed by atoms with van der Waals surface area (Å²) in [4.78, 5) is 0. The Morgan fingerprint density at radius 1 is 0.459 bits per heavy atom. The molecule has 5 heteroatoms. The molecule has 0 unspecified atom stereocenters. The van der Waals surface area contributed by atoms with Gasteiger partial charge in [-0.1, -0.05) is 133 Å². The second kappa shape index (κ2) is 11.7. The molecule has 0 N–H and O–H groups in total. The van der Waals surface area contributed by atoms with Crippen molar-refractivity contribution in [2.45, 2.75) is 38.0 Å². The molecule has 0 bridgehead atoms. The monoisotopic (exact) mass is 508 g/mol. The predicted molar refractivity (Wildman–Crippen MR) is 150 cm³/mol. The Labute approximate surface area is 220 Å². The van der Waals surface area contributed by atoms with Crippen LogP contribution in [0, 0.1) is 0 Å². The van der Waals surface area contributed by atoms with Crippen LogP contribution in [0.5, 0.6) is 0 Å². The van der Waals surface area contributed by atoms with E-state index in [2.05, 4.69) is 36.4 Å². The molecule has 4 nitrogen and oxygen atoms in total. The van der Waals surface area contributed by atoms with Gasteiger partial charge in [0.1, 0.15) is 0 Å². The zero-order valence-electron chi connectivity index (χ0n) is 20.8. The molecule has 5 rings (SSSR count). The average molecular weight is 509 g/mol. The lowest BCUT2D eigenvalue weighted by atomic mass is 10.0. The molecule has 0 amide bonds. The van der Waals surface area contributed by atoms with Gasteiger partial charge in [-0.15, -0.1) is 0 Å². The Morgan fingerprint density at radius 2 is 0.757 bits per heavy atom. The molecule has 1 heterocycles. The van der Waals surface area contributed by atoms with Crippen molar-refractivity contribution in [3.8, 4) is 0 Å². The van der Waals surface area contributed by atoms with Crippen molar-refractivity contribution in [1.82, 2.24) is 8.61 Å². The number of hydrogen-bond acceptors (Lipinski definition) is 2. The van der Waals surface area contributed by atoms with Crippen molar-refractivity contribution in [3.05, 3.63) is 156 Å². The molecular weight excluding hydrogens is 476 g/mol. The standard InChI is InChI=1S/C32H32N2O2S/c35-37(36)33(25-29-17-9-3-10-18-29)31(23-27-13-5-1-6-14-27)21-22-32(24-28-15-7-2-8-16-28)34(37)26-30-19-11-4-12-20-30/h1-22,31-32H,23-26H2/t31-,32-/m0/s1. The van der Waals surface area contributed by atoms with Gasteiger partial charge >= 0.3 is 0 Å². The van der Waals surface area contributed by atoms with Gasteiger partial charge in [0.15, 0.2) is 0 Å². The molecule has 0 radical (unpaired) electrons. The predicted octanol–water partition coefficient (Wildman–Crippen LogP) is 6.03. The first-order valence-corrected chi connectivity index (χ1v) is 14.1. The average Bonchev–Trinajstić information content (AvgIpc) is 3.02. The highest BCUT2D eigenvalue weighted by Crippen LogP contribution is 2.29. The summed E-state index contributed by atoms with van der Waals surface area (Å²) in [5, 5.41) is 0. The van der Waals surface area contributed by atoms with Crippen LogP contribution in [-0.4, -0.2) is 29.1 Å². The van der Waals surface area contributed by atoms with Crippen LogP contribution in [0.15, 0.2) is 133 Å². The first-order valence-electron chi connectivity index (χ1n) is 12.7. The summed E-state index contributed by atoms with van der Waals surface area (Å²) in [5.41, 5.74) is 4.17. The van der Waals surface area contributed by atoms with E-state index < -0.39 is 10.2 Å². The fraction of sp³-hybridized carbons (Fsp3) is 0.188. The number of rotatable bonds is 8. The molecule has 1 aliphatic heterocycles. The Balaban J connectivity index is 1.57. The molecule has 0 saturated heterocycles. The number of nitrogens with zero attached hydrogens (tertiary/aromatic N) is 2. The van der Waals surface area contributed by atoms with Gasteiger partial charge in [0, 0.05) is 25.2 Å². The minimum Gasteiger partial charge on any atom is -0.195 e. The second-order valence-corrected chi connectivity index (χ2v) is 11.3. The molecule has 2 atom stereocenters. The van der Waals surface area contributed by atoms with Crippen molar-refractivity contribution in [2.24, 2.45) is 0 Å². The maximum absolute atomic E-state index is 14.6. The van der Waals surface area contributed by atoms with E-state index >= 15 is 0 Å². The highest BCUT2D eigenvalue weighted by atomic mass is 32.2. The lowest BCUT2D eigenvalue weighted by molar-refractivity contribution is 0.290. The van der Waals surface area contributed by atoms with E-state index in [4.69, 9.17) is 0 Å². The molecule has 4 aromatic rings. The lowest BCUT2D eigenvalue weighted by Crippen LogP contribution is -2.49. The van der Waals surface area contributed by atoms with Crippen LogP contribution in [0.1, 0.15) is 22.3 Å². The molecule has 0 aliphatic carbocycles. The molecule has 188 valence electrons. The van der Waals surface area contributed by atoms with Crippen molar-refractivity contribution < 1.29 is 8.42 Å². The maximum atomic E-state index is 14.6. The Morgan fingerprint density at radius 3 is 1.08 bits per heavy atom. The van der Waals surface area contributed by atoms with Gasteiger partial charge in [0.05, 0.1) is 0 Å². The van der Waals surface area contributed by atoms with E-state index in [1.54, 1.807) is 8.61 Å². The van der Waals surface area contributed by atoms with Gasteiger partial charge in [0.25, 0.3) is 10.2 Å². The van der Waals surface area contributed by atoms with E-state index in [-0.39, 0.29) is 12.1 Å². The third-order valence-electron chi connectivity index (χ3n) is 6.83. The van der Waals surface area contributed by atoms with E-state index in [0.717, 1.165) is 22.3 Å². The maximum Gasteiger partial charge on any atom is 0.283 e. The largest absolute Gasteiger partial charge is 0.283 e. The highest BCUT2D eigenvalue weighted by molar-refractivity contribution is 7.86. The normalized spacial score (nSPS) is 19.9. The van der Waals surface area contributed by atoms with E-state index in [9.17, 15) is 8.42 Å². The summed E-state index contributed by atoms with van der Waals surface area (Å²) in [6.45, 7) is 0.628. The molecule has 0 spiro atoms. The van der Waals surface area contributed by atoms with Gasteiger partial charge in [-0.05, 0) is 35.1 Å². The number of benzene rings is 4. The zero-order chi connectivity index (χ0) is 25.5. The Hall–Kier alpha value is -3.51. The van der Waals surface area contributed by atoms with Gasteiger partial charge in [-0.2, -0.15) is 17.0 Å². The molecular formula is C32H32N2O2S. The second-order valence-electron chi connectivity index (χ2n) is 9.47. The van der Waals surface area contributed by atoms with Gasteiger partial charge < -0.3 is 0 Å². The van der Waals surface area contributed by atoms with Crippen LogP contribution in [0.4, 0.5) is 0 Å². The van der Waals surface area contributed by atoms with Crippen molar-refractivity contribution >= 4 is 10.2 Å². The first-order chi connectivity index (χ1) is 18.1. The van der Waals surface area contributed by atoms with Gasteiger partial charge in [-0.25, -0.2) is 0 Å². The van der Waals surface area contributed by atoms with Gasteiger partial charge in [-0.3, -0.25) is 0 Å². The topological polar surface area (TPSA) is 40.6 Å². The summed E-state index contributed by atoms with van der Waals surface area (Å²) < 4.78 is 32.5. The van der Waals surface area contributed by atoms with Crippen LogP contribution < -0.4 is 0 Å². The van der Waals surface area contributed by atoms with E-state index in [0.29, 0.717) is 25.9 Å². The Kier molecular flexibility index (Phi) is 7.95. The highest BCUT2D eigenvalue weighted by Gasteiger charge is 2.40. The van der Waals surface area contributed by atoms with E-state index in [1.165, 1.54) is 0 Å². The van der Waals surface area contributed by atoms with Crippen molar-refractivity contribution in [3.63, 3.8) is 0 Å². The minimum absolute atomic E-state index is 0.299. The molecule has 0 saturated carbocycles. The third kappa shape index (κ3) is 6.25. The summed E-state index contributed by atoms with van der Waals surface area (Å²) in [5.74, 6) is 0. The van der Waals surface area contributed by atoms with Crippen LogP contribution >= 0.6 is 0 Å². The zero-order valence-corrected chi connectivity index (χ0v) is 21.6. The van der Waals surface area contributed by atoms with Crippen LogP contribution in [0.25, 0.3) is 0 Å². The van der Waals surface area contributed by atoms with Crippen LogP contribution in [0.3, 0.4) is 0 Å². The smallest absolute Gasteiger partial charge is 0.195 e. The van der Waals surface area contributed by atoms with Crippen LogP contribution in [0.2, 0.25) is 0 Å². The Bertz CT molecular complexity index is 1290. The van der Waals surface area contributed by atoms with Crippen LogP contribution in [-0.2, 0) is 36.1 Å². The van der Waals surface area contributed by atoms with Crippen molar-refractivity contribution in [2.75, 3.05) is 0 Å². The summed E-state index contributed by atoms with van der Waals surface area (Å²) in [6, 6.07) is 39.4. The molecule has 0 aromatic heterocycles.